The zero-order valence-corrected chi connectivity index (χ0v) is 9.40. The zero-order valence-electron chi connectivity index (χ0n) is 6.99. The minimum absolute atomic E-state index is 0.206. The number of halogens is 1. The highest BCUT2D eigenvalue weighted by Gasteiger charge is 2.49. The molecule has 0 bridgehead atoms. The van der Waals surface area contributed by atoms with Gasteiger partial charge in [-0.15, -0.1) is 0 Å². The van der Waals surface area contributed by atoms with Gasteiger partial charge in [0.15, 0.2) is 5.13 Å². The van der Waals surface area contributed by atoms with Gasteiger partial charge in [-0.3, -0.25) is 0 Å². The summed E-state index contributed by atoms with van der Waals surface area (Å²) in [5.41, 5.74) is 0.206. The van der Waals surface area contributed by atoms with Crippen molar-refractivity contribution in [2.75, 3.05) is 24.6 Å². The Labute approximate surface area is 88.8 Å². The van der Waals surface area contributed by atoms with E-state index in [1.165, 1.54) is 6.42 Å². The van der Waals surface area contributed by atoms with Crippen molar-refractivity contribution in [2.24, 2.45) is 0 Å². The maximum atomic E-state index is 5.54. The Morgan fingerprint density at radius 3 is 2.85 bits per heavy atom. The molecule has 0 radical (unpaired) electrons. The molecule has 3 nitrogen and oxygen atoms in total. The molecule has 3 heterocycles. The molecule has 3 rings (SSSR count). The monoisotopic (exact) mass is 260 g/mol. The van der Waals surface area contributed by atoms with Crippen LogP contribution in [0.25, 0.3) is 0 Å². The standard InChI is InChI=1S/C8H9BrN2OS/c9-6-3-10-7(13-6)11-4-8(5-11)1-2-12-8/h3H,1-2,4-5H2. The predicted octanol–water partition coefficient (Wildman–Crippen LogP) is 1.88. The lowest BCUT2D eigenvalue weighted by molar-refractivity contribution is -0.160. The van der Waals surface area contributed by atoms with Gasteiger partial charge in [-0.05, 0) is 15.9 Å². The molecule has 1 aromatic rings. The Morgan fingerprint density at radius 2 is 2.38 bits per heavy atom. The van der Waals surface area contributed by atoms with Gasteiger partial charge in [0, 0.05) is 6.42 Å². The maximum Gasteiger partial charge on any atom is 0.186 e. The third-order valence-electron chi connectivity index (χ3n) is 2.66. The van der Waals surface area contributed by atoms with Gasteiger partial charge in [0.05, 0.1) is 29.7 Å². The van der Waals surface area contributed by atoms with Gasteiger partial charge >= 0.3 is 0 Å². The third-order valence-corrected chi connectivity index (χ3v) is 4.20. The second-order valence-corrected chi connectivity index (χ2v) is 5.97. The third kappa shape index (κ3) is 1.21. The minimum Gasteiger partial charge on any atom is -0.371 e. The highest BCUT2D eigenvalue weighted by atomic mass is 79.9. The first-order valence-corrected chi connectivity index (χ1v) is 5.89. The molecular formula is C8H9BrN2OS. The summed E-state index contributed by atoms with van der Waals surface area (Å²) in [7, 11) is 0. The normalized spacial score (nSPS) is 24.2. The number of anilines is 1. The van der Waals surface area contributed by atoms with Crippen molar-refractivity contribution < 1.29 is 4.74 Å². The first kappa shape index (κ1) is 8.20. The predicted molar refractivity (Wildman–Crippen MR) is 55.3 cm³/mol. The largest absolute Gasteiger partial charge is 0.371 e. The molecule has 70 valence electrons. The summed E-state index contributed by atoms with van der Waals surface area (Å²) in [6.07, 6.45) is 3.07. The van der Waals surface area contributed by atoms with E-state index >= 15 is 0 Å². The number of aromatic nitrogens is 1. The highest BCUT2D eigenvalue weighted by Crippen LogP contribution is 2.40. The topological polar surface area (TPSA) is 25.4 Å². The molecule has 2 fully saturated rings. The van der Waals surface area contributed by atoms with Crippen LogP contribution in [0.3, 0.4) is 0 Å². The van der Waals surface area contributed by atoms with Crippen LogP contribution in [0.4, 0.5) is 5.13 Å². The van der Waals surface area contributed by atoms with E-state index in [4.69, 9.17) is 4.74 Å². The molecule has 13 heavy (non-hydrogen) atoms. The SMILES string of the molecule is Brc1cnc(N2CC3(CCO3)C2)s1. The molecule has 1 spiro atoms. The van der Waals surface area contributed by atoms with Crippen molar-refractivity contribution in [1.82, 2.24) is 4.98 Å². The molecule has 0 aromatic carbocycles. The van der Waals surface area contributed by atoms with Crippen LogP contribution in [0, 0.1) is 0 Å². The van der Waals surface area contributed by atoms with Crippen LogP contribution in [-0.2, 0) is 4.74 Å². The van der Waals surface area contributed by atoms with Crippen LogP contribution in [-0.4, -0.2) is 30.3 Å². The van der Waals surface area contributed by atoms with Crippen molar-refractivity contribution in [1.29, 1.82) is 0 Å². The molecule has 0 atom stereocenters. The van der Waals surface area contributed by atoms with Gasteiger partial charge in [0.2, 0.25) is 0 Å². The summed E-state index contributed by atoms with van der Waals surface area (Å²) in [5.74, 6) is 0. The molecule has 0 N–H and O–H groups in total. The average molecular weight is 261 g/mol. The summed E-state index contributed by atoms with van der Waals surface area (Å²) in [4.78, 5) is 6.58. The molecule has 1 aromatic heterocycles. The molecule has 2 aliphatic heterocycles. The van der Waals surface area contributed by atoms with E-state index in [-0.39, 0.29) is 5.60 Å². The van der Waals surface area contributed by atoms with Crippen LogP contribution in [0.5, 0.6) is 0 Å². The van der Waals surface area contributed by atoms with Crippen LogP contribution in [0.15, 0.2) is 9.98 Å². The lowest BCUT2D eigenvalue weighted by atomic mass is 9.87. The Kier molecular flexibility index (Phi) is 1.69. The molecule has 2 aliphatic rings. The van der Waals surface area contributed by atoms with Crippen molar-refractivity contribution in [3.63, 3.8) is 0 Å². The Morgan fingerprint density at radius 1 is 1.62 bits per heavy atom. The van der Waals surface area contributed by atoms with Gasteiger partial charge in [0.25, 0.3) is 0 Å². The number of rotatable bonds is 1. The first-order valence-electron chi connectivity index (χ1n) is 4.28. The summed E-state index contributed by atoms with van der Waals surface area (Å²) in [6, 6.07) is 0. The van der Waals surface area contributed by atoms with Crippen molar-refractivity contribution in [3.8, 4) is 0 Å². The number of nitrogens with zero attached hydrogens (tertiary/aromatic N) is 2. The molecule has 0 aliphatic carbocycles. The fourth-order valence-electron chi connectivity index (χ4n) is 1.82. The fraction of sp³-hybridized carbons (Fsp3) is 0.625. The van der Waals surface area contributed by atoms with Crippen LogP contribution in [0.1, 0.15) is 6.42 Å². The van der Waals surface area contributed by atoms with E-state index in [0.29, 0.717) is 0 Å². The minimum atomic E-state index is 0.206. The number of hydrogen-bond donors (Lipinski definition) is 0. The van der Waals surface area contributed by atoms with Crippen molar-refractivity contribution in [3.05, 3.63) is 9.98 Å². The van der Waals surface area contributed by atoms with Crippen LogP contribution >= 0.6 is 27.3 Å². The number of thiazole rings is 1. The quantitative estimate of drug-likeness (QED) is 0.771. The molecule has 0 amide bonds. The van der Waals surface area contributed by atoms with Crippen molar-refractivity contribution >= 4 is 32.4 Å². The Balaban J connectivity index is 1.70. The van der Waals surface area contributed by atoms with E-state index in [9.17, 15) is 0 Å². The Bertz CT molecular complexity index is 329. The molecule has 2 saturated heterocycles. The van der Waals surface area contributed by atoms with Gasteiger partial charge in [-0.25, -0.2) is 4.98 Å². The smallest absolute Gasteiger partial charge is 0.186 e. The molecule has 0 unspecified atom stereocenters. The summed E-state index contributed by atoms with van der Waals surface area (Å²) >= 11 is 5.09. The second kappa shape index (κ2) is 2.68. The van der Waals surface area contributed by atoms with E-state index in [0.717, 1.165) is 28.6 Å². The summed E-state index contributed by atoms with van der Waals surface area (Å²) < 4.78 is 6.63. The van der Waals surface area contributed by atoms with Gasteiger partial charge in [-0.2, -0.15) is 0 Å². The summed E-state index contributed by atoms with van der Waals surface area (Å²) in [5, 5.41) is 1.10. The van der Waals surface area contributed by atoms with E-state index in [1.807, 2.05) is 6.20 Å². The Hall–Kier alpha value is -0.130. The van der Waals surface area contributed by atoms with E-state index < -0.39 is 0 Å². The average Bonchev–Trinajstić information content (AvgIpc) is 2.29. The zero-order chi connectivity index (χ0) is 8.89. The molecule has 0 saturated carbocycles. The first-order chi connectivity index (χ1) is 6.27. The lowest BCUT2D eigenvalue weighted by Crippen LogP contribution is -2.68. The number of ether oxygens (including phenoxy) is 1. The lowest BCUT2D eigenvalue weighted by Gasteiger charge is -2.55. The maximum absolute atomic E-state index is 5.54. The second-order valence-electron chi connectivity index (χ2n) is 3.58. The van der Waals surface area contributed by atoms with E-state index in [2.05, 4.69) is 25.8 Å². The molecular weight excluding hydrogens is 252 g/mol. The van der Waals surface area contributed by atoms with Gasteiger partial charge in [-0.1, -0.05) is 11.3 Å². The van der Waals surface area contributed by atoms with Crippen LogP contribution < -0.4 is 4.90 Å². The summed E-state index contributed by atoms with van der Waals surface area (Å²) in [6.45, 7) is 2.98. The van der Waals surface area contributed by atoms with Gasteiger partial charge in [0.1, 0.15) is 5.60 Å². The van der Waals surface area contributed by atoms with Crippen molar-refractivity contribution in [2.45, 2.75) is 12.0 Å². The van der Waals surface area contributed by atoms with E-state index in [1.54, 1.807) is 11.3 Å². The molecule has 5 heteroatoms. The van der Waals surface area contributed by atoms with Gasteiger partial charge < -0.3 is 9.64 Å². The van der Waals surface area contributed by atoms with Crippen LogP contribution in [0.2, 0.25) is 0 Å². The fourth-order valence-corrected chi connectivity index (χ4v) is 3.00. The number of hydrogen-bond acceptors (Lipinski definition) is 4. The highest BCUT2D eigenvalue weighted by molar-refractivity contribution is 9.11.